The predicted molar refractivity (Wildman–Crippen MR) is 150 cm³/mol. The molecule has 0 spiro atoms. The summed E-state index contributed by atoms with van der Waals surface area (Å²) in [5.74, 6) is -0.376. The quantitative estimate of drug-likeness (QED) is 0.357. The van der Waals surface area contributed by atoms with Crippen molar-refractivity contribution in [3.63, 3.8) is 0 Å². The first-order chi connectivity index (χ1) is 19.5. The van der Waals surface area contributed by atoms with Gasteiger partial charge in [-0.25, -0.2) is 4.39 Å². The van der Waals surface area contributed by atoms with Gasteiger partial charge in [0.1, 0.15) is 17.6 Å². The van der Waals surface area contributed by atoms with E-state index in [4.69, 9.17) is 20.8 Å². The summed E-state index contributed by atoms with van der Waals surface area (Å²) in [5, 5.41) is 3.65. The maximum Gasteiger partial charge on any atom is 0.290 e. The van der Waals surface area contributed by atoms with Crippen LogP contribution in [0.2, 0.25) is 5.02 Å². The molecule has 212 valence electrons. The molecule has 1 atom stereocenters. The number of rotatable bonds is 9. The average molecular weight is 568 g/mol. The van der Waals surface area contributed by atoms with Crippen LogP contribution in [-0.2, 0) is 22.6 Å². The minimum Gasteiger partial charge on any atom is -0.455 e. The Morgan fingerprint density at radius 3 is 2.45 bits per heavy atom. The Bertz CT molecular complexity index is 1290. The third kappa shape index (κ3) is 7.11. The van der Waals surface area contributed by atoms with Crippen molar-refractivity contribution in [2.75, 3.05) is 26.3 Å². The summed E-state index contributed by atoms with van der Waals surface area (Å²) in [6, 6.07) is 15.4. The van der Waals surface area contributed by atoms with Gasteiger partial charge in [0.05, 0.1) is 19.8 Å². The lowest BCUT2D eigenvalue weighted by molar-refractivity contribution is -0.127. The maximum absolute atomic E-state index is 14.1. The van der Waals surface area contributed by atoms with Gasteiger partial charge in [0.2, 0.25) is 5.91 Å². The number of carbonyl (C=O) groups excluding carboxylic acids is 2. The number of amides is 2. The Kier molecular flexibility index (Phi) is 9.52. The van der Waals surface area contributed by atoms with Gasteiger partial charge < -0.3 is 19.4 Å². The van der Waals surface area contributed by atoms with E-state index in [0.29, 0.717) is 41.7 Å². The molecule has 2 aliphatic rings. The van der Waals surface area contributed by atoms with Crippen molar-refractivity contribution in [1.29, 1.82) is 0 Å². The van der Waals surface area contributed by atoms with Gasteiger partial charge in [-0.3, -0.25) is 14.5 Å². The summed E-state index contributed by atoms with van der Waals surface area (Å²) in [4.78, 5) is 31.8. The molecule has 1 saturated carbocycles. The second-order valence-electron chi connectivity index (χ2n) is 10.5. The molecule has 3 aromatic rings. The SMILES string of the molecule is O=C(NC1CCCCC1)C(c1ccc(F)cc1)N(Cc1ccccc1Cl)C(=O)c1ccc(CN2CCOCC2)o1. The highest BCUT2D eigenvalue weighted by atomic mass is 35.5. The van der Waals surface area contributed by atoms with Crippen LogP contribution >= 0.6 is 11.6 Å². The topological polar surface area (TPSA) is 75.0 Å². The van der Waals surface area contributed by atoms with E-state index in [1.165, 1.54) is 17.0 Å². The highest BCUT2D eigenvalue weighted by molar-refractivity contribution is 6.31. The number of nitrogens with one attached hydrogen (secondary N) is 1. The van der Waals surface area contributed by atoms with Gasteiger partial charge in [-0.2, -0.15) is 0 Å². The van der Waals surface area contributed by atoms with Crippen LogP contribution in [0.5, 0.6) is 0 Å². The van der Waals surface area contributed by atoms with Crippen molar-refractivity contribution < 1.29 is 23.1 Å². The van der Waals surface area contributed by atoms with Crippen LogP contribution in [-0.4, -0.2) is 54.0 Å². The van der Waals surface area contributed by atoms with Gasteiger partial charge in [-0.1, -0.05) is 61.2 Å². The number of hydrogen-bond acceptors (Lipinski definition) is 5. The Morgan fingerprint density at radius 1 is 1.00 bits per heavy atom. The molecule has 1 aliphatic heterocycles. The lowest BCUT2D eigenvalue weighted by atomic mass is 9.94. The molecule has 2 fully saturated rings. The molecular weight excluding hydrogens is 533 g/mol. The van der Waals surface area contributed by atoms with E-state index in [0.717, 1.165) is 45.2 Å². The molecule has 2 aromatic carbocycles. The largest absolute Gasteiger partial charge is 0.455 e. The van der Waals surface area contributed by atoms with Crippen molar-refractivity contribution >= 4 is 23.4 Å². The molecule has 1 unspecified atom stereocenters. The fraction of sp³-hybridized carbons (Fsp3) is 0.419. The van der Waals surface area contributed by atoms with E-state index in [-0.39, 0.29) is 24.3 Å². The monoisotopic (exact) mass is 567 g/mol. The fourth-order valence-electron chi connectivity index (χ4n) is 5.43. The van der Waals surface area contributed by atoms with Gasteiger partial charge in [0, 0.05) is 30.7 Å². The number of halogens is 2. The zero-order valence-electron chi connectivity index (χ0n) is 22.5. The lowest BCUT2D eigenvalue weighted by Gasteiger charge is -2.33. The Morgan fingerprint density at radius 2 is 1.73 bits per heavy atom. The molecule has 7 nitrogen and oxygen atoms in total. The van der Waals surface area contributed by atoms with E-state index >= 15 is 0 Å². The molecule has 1 N–H and O–H groups in total. The molecular formula is C31H35ClFN3O4. The standard InChI is InChI=1S/C31H35ClFN3O4/c32-27-9-5-4-6-23(27)20-36(31(38)28-15-14-26(40-28)21-35-16-18-39-19-17-35)29(22-10-12-24(33)13-11-22)30(37)34-25-7-2-1-3-8-25/h4-6,9-15,25,29H,1-3,7-8,16-21H2,(H,34,37). The number of benzene rings is 2. The van der Waals surface area contributed by atoms with E-state index in [2.05, 4.69) is 10.2 Å². The zero-order valence-corrected chi connectivity index (χ0v) is 23.2. The van der Waals surface area contributed by atoms with Crippen molar-refractivity contribution in [3.05, 3.63) is 94.2 Å². The summed E-state index contributed by atoms with van der Waals surface area (Å²) < 4.78 is 25.4. The maximum atomic E-state index is 14.1. The fourth-order valence-corrected chi connectivity index (χ4v) is 5.63. The summed E-state index contributed by atoms with van der Waals surface area (Å²) in [6.07, 6.45) is 5.03. The van der Waals surface area contributed by atoms with E-state index in [1.807, 2.05) is 18.2 Å². The average Bonchev–Trinajstić information content (AvgIpc) is 3.44. The summed E-state index contributed by atoms with van der Waals surface area (Å²) in [5.41, 5.74) is 1.20. The smallest absolute Gasteiger partial charge is 0.290 e. The number of morpholine rings is 1. The minimum atomic E-state index is -1.01. The van der Waals surface area contributed by atoms with Crippen molar-refractivity contribution in [3.8, 4) is 0 Å². The Labute approximate surface area is 239 Å². The van der Waals surface area contributed by atoms with Gasteiger partial charge in [0.25, 0.3) is 5.91 Å². The van der Waals surface area contributed by atoms with Crippen LogP contribution in [0.1, 0.15) is 65.6 Å². The van der Waals surface area contributed by atoms with Crippen LogP contribution in [0.3, 0.4) is 0 Å². The Balaban J connectivity index is 1.48. The highest BCUT2D eigenvalue weighted by Crippen LogP contribution is 2.30. The zero-order chi connectivity index (χ0) is 27.9. The van der Waals surface area contributed by atoms with E-state index < -0.39 is 17.8 Å². The number of nitrogens with zero attached hydrogens (tertiary/aromatic N) is 2. The molecule has 0 radical (unpaired) electrons. The summed E-state index contributed by atoms with van der Waals surface area (Å²) >= 11 is 6.51. The van der Waals surface area contributed by atoms with E-state index in [9.17, 15) is 14.0 Å². The molecule has 2 amide bonds. The first kappa shape index (κ1) is 28.3. The van der Waals surface area contributed by atoms with Crippen LogP contribution < -0.4 is 5.32 Å². The molecule has 1 aliphatic carbocycles. The number of ether oxygens (including phenoxy) is 1. The second kappa shape index (κ2) is 13.4. The number of carbonyl (C=O) groups is 2. The van der Waals surface area contributed by atoms with Crippen molar-refractivity contribution in [1.82, 2.24) is 15.1 Å². The second-order valence-corrected chi connectivity index (χ2v) is 10.9. The molecule has 40 heavy (non-hydrogen) atoms. The normalized spacial score (nSPS) is 17.4. The first-order valence-corrected chi connectivity index (χ1v) is 14.3. The summed E-state index contributed by atoms with van der Waals surface area (Å²) in [6.45, 7) is 3.52. The van der Waals surface area contributed by atoms with Crippen LogP contribution in [0.15, 0.2) is 65.1 Å². The lowest BCUT2D eigenvalue weighted by Crippen LogP contribution is -2.46. The van der Waals surface area contributed by atoms with Gasteiger partial charge in [-0.05, 0) is 54.3 Å². The van der Waals surface area contributed by atoms with Crippen molar-refractivity contribution in [2.24, 2.45) is 0 Å². The Hall–Kier alpha value is -3.20. The van der Waals surface area contributed by atoms with Crippen LogP contribution in [0, 0.1) is 5.82 Å². The summed E-state index contributed by atoms with van der Waals surface area (Å²) in [7, 11) is 0. The first-order valence-electron chi connectivity index (χ1n) is 14.0. The molecule has 0 bridgehead atoms. The van der Waals surface area contributed by atoms with Gasteiger partial charge in [0.15, 0.2) is 5.76 Å². The van der Waals surface area contributed by atoms with E-state index in [1.54, 1.807) is 30.3 Å². The van der Waals surface area contributed by atoms with Crippen LogP contribution in [0.25, 0.3) is 0 Å². The molecule has 2 heterocycles. The molecule has 1 saturated heterocycles. The third-order valence-corrected chi connectivity index (χ3v) is 7.98. The number of hydrogen-bond donors (Lipinski definition) is 1. The third-order valence-electron chi connectivity index (χ3n) is 7.61. The molecule has 5 rings (SSSR count). The predicted octanol–water partition coefficient (Wildman–Crippen LogP) is 5.74. The van der Waals surface area contributed by atoms with Gasteiger partial charge in [-0.15, -0.1) is 0 Å². The number of furan rings is 1. The highest BCUT2D eigenvalue weighted by Gasteiger charge is 2.35. The van der Waals surface area contributed by atoms with Crippen molar-refractivity contribution in [2.45, 2.75) is 57.3 Å². The van der Waals surface area contributed by atoms with Gasteiger partial charge >= 0.3 is 0 Å². The van der Waals surface area contributed by atoms with Crippen LogP contribution in [0.4, 0.5) is 4.39 Å². The molecule has 1 aromatic heterocycles. The minimum absolute atomic E-state index is 0.0326. The molecule has 9 heteroatoms.